The van der Waals surface area contributed by atoms with E-state index in [1.807, 2.05) is 13.8 Å². The van der Waals surface area contributed by atoms with Gasteiger partial charge in [-0.3, -0.25) is 14.9 Å². The van der Waals surface area contributed by atoms with Crippen molar-refractivity contribution in [3.05, 3.63) is 38.9 Å². The van der Waals surface area contributed by atoms with E-state index in [0.717, 1.165) is 0 Å². The molecule has 0 aromatic heterocycles. The zero-order valence-corrected chi connectivity index (χ0v) is 12.0. The van der Waals surface area contributed by atoms with Gasteiger partial charge in [-0.05, 0) is 19.9 Å². The van der Waals surface area contributed by atoms with E-state index in [1.54, 1.807) is 4.90 Å². The molecule has 0 aliphatic carbocycles. The van der Waals surface area contributed by atoms with Crippen LogP contribution in [0.25, 0.3) is 0 Å². The number of ether oxygens (including phenoxy) is 1. The fourth-order valence-electron chi connectivity index (χ4n) is 2.34. The van der Waals surface area contributed by atoms with Crippen molar-refractivity contribution < 1.29 is 14.5 Å². The van der Waals surface area contributed by atoms with E-state index in [1.165, 1.54) is 18.2 Å². The lowest BCUT2D eigenvalue weighted by Gasteiger charge is -2.35. The number of nitro benzene ring substituents is 1. The number of carbonyl (C=O) groups is 1. The molecule has 2 rings (SSSR count). The Morgan fingerprint density at radius 2 is 2.00 bits per heavy atom. The Bertz CT molecular complexity index is 539. The van der Waals surface area contributed by atoms with Crippen molar-refractivity contribution in [2.45, 2.75) is 26.1 Å². The van der Waals surface area contributed by atoms with Crippen molar-refractivity contribution in [1.29, 1.82) is 0 Å². The molecule has 6 nitrogen and oxygen atoms in total. The predicted molar refractivity (Wildman–Crippen MR) is 74.0 cm³/mol. The van der Waals surface area contributed by atoms with Crippen LogP contribution in [0.3, 0.4) is 0 Å². The number of carbonyl (C=O) groups excluding carboxylic acids is 1. The van der Waals surface area contributed by atoms with Crippen LogP contribution in [-0.2, 0) is 4.74 Å². The first-order valence-electron chi connectivity index (χ1n) is 6.27. The van der Waals surface area contributed by atoms with Gasteiger partial charge >= 0.3 is 0 Å². The topological polar surface area (TPSA) is 72.7 Å². The van der Waals surface area contributed by atoms with E-state index in [2.05, 4.69) is 0 Å². The van der Waals surface area contributed by atoms with Crippen LogP contribution < -0.4 is 0 Å². The van der Waals surface area contributed by atoms with E-state index in [4.69, 9.17) is 16.3 Å². The van der Waals surface area contributed by atoms with Gasteiger partial charge in [0.05, 0.1) is 22.7 Å². The van der Waals surface area contributed by atoms with Gasteiger partial charge < -0.3 is 9.64 Å². The molecule has 0 N–H and O–H groups in total. The molecule has 0 spiro atoms. The average Bonchev–Trinajstić information content (AvgIpc) is 2.36. The highest BCUT2D eigenvalue weighted by Gasteiger charge is 2.29. The highest BCUT2D eigenvalue weighted by atomic mass is 35.5. The Balaban J connectivity index is 2.29. The Hall–Kier alpha value is -1.66. The standard InChI is InChI=1S/C13H15ClN2O4/c1-8-6-15(7-9(2)20-8)13(17)10-4-3-5-11(12(10)14)16(18)19/h3-5,8-9H,6-7H2,1-2H3/t8-,9+. The zero-order valence-electron chi connectivity index (χ0n) is 11.2. The van der Waals surface area contributed by atoms with Crippen LogP contribution in [0.2, 0.25) is 5.02 Å². The van der Waals surface area contributed by atoms with Crippen molar-refractivity contribution in [2.75, 3.05) is 13.1 Å². The lowest BCUT2D eigenvalue weighted by molar-refractivity contribution is -0.384. The van der Waals surface area contributed by atoms with Crippen molar-refractivity contribution in [1.82, 2.24) is 4.90 Å². The van der Waals surface area contributed by atoms with Gasteiger partial charge in [0.2, 0.25) is 0 Å². The molecule has 7 heteroatoms. The van der Waals surface area contributed by atoms with Gasteiger partial charge in [0.1, 0.15) is 5.02 Å². The fourth-order valence-corrected chi connectivity index (χ4v) is 2.62. The summed E-state index contributed by atoms with van der Waals surface area (Å²) in [5.41, 5.74) is -0.103. The zero-order chi connectivity index (χ0) is 14.9. The molecule has 0 unspecified atom stereocenters. The summed E-state index contributed by atoms with van der Waals surface area (Å²) in [6, 6.07) is 4.25. The van der Waals surface area contributed by atoms with Gasteiger partial charge in [0, 0.05) is 19.2 Å². The smallest absolute Gasteiger partial charge is 0.288 e. The van der Waals surface area contributed by atoms with Crippen molar-refractivity contribution >= 4 is 23.2 Å². The first kappa shape index (κ1) is 14.7. The van der Waals surface area contributed by atoms with Crippen LogP contribution in [0.1, 0.15) is 24.2 Å². The molecule has 20 heavy (non-hydrogen) atoms. The third-order valence-corrected chi connectivity index (χ3v) is 3.51. The molecule has 0 saturated carbocycles. The molecule has 2 atom stereocenters. The molecule has 108 valence electrons. The Morgan fingerprint density at radius 1 is 1.40 bits per heavy atom. The van der Waals surface area contributed by atoms with E-state index in [0.29, 0.717) is 13.1 Å². The monoisotopic (exact) mass is 298 g/mol. The maximum atomic E-state index is 12.4. The first-order valence-corrected chi connectivity index (χ1v) is 6.65. The van der Waals surface area contributed by atoms with Crippen LogP contribution in [0.15, 0.2) is 18.2 Å². The van der Waals surface area contributed by atoms with Gasteiger partial charge in [-0.1, -0.05) is 17.7 Å². The molecule has 1 aliphatic rings. The maximum Gasteiger partial charge on any atom is 0.288 e. The summed E-state index contributed by atoms with van der Waals surface area (Å²) in [6.45, 7) is 4.65. The van der Waals surface area contributed by atoms with Crippen LogP contribution in [0, 0.1) is 10.1 Å². The molecule has 0 radical (unpaired) electrons. The van der Waals surface area contributed by atoms with Crippen LogP contribution >= 0.6 is 11.6 Å². The second-order valence-corrected chi connectivity index (χ2v) is 5.24. The van der Waals surface area contributed by atoms with Gasteiger partial charge in [-0.15, -0.1) is 0 Å². The Labute approximate surface area is 121 Å². The lowest BCUT2D eigenvalue weighted by Crippen LogP contribution is -2.48. The number of amides is 1. The quantitative estimate of drug-likeness (QED) is 0.621. The van der Waals surface area contributed by atoms with Gasteiger partial charge in [0.25, 0.3) is 11.6 Å². The molecule has 1 aromatic rings. The van der Waals surface area contributed by atoms with Crippen LogP contribution in [0.5, 0.6) is 0 Å². The first-order chi connectivity index (χ1) is 9.40. The molecule has 1 heterocycles. The summed E-state index contributed by atoms with van der Waals surface area (Å²) in [4.78, 5) is 24.3. The second-order valence-electron chi connectivity index (χ2n) is 4.86. The van der Waals surface area contributed by atoms with Crippen molar-refractivity contribution in [3.63, 3.8) is 0 Å². The SMILES string of the molecule is C[C@@H]1CN(C(=O)c2cccc([N+](=O)[O-])c2Cl)C[C@H](C)O1. The highest BCUT2D eigenvalue weighted by molar-refractivity contribution is 6.35. The average molecular weight is 299 g/mol. The highest BCUT2D eigenvalue weighted by Crippen LogP contribution is 2.29. The molecular formula is C13H15ClN2O4. The number of morpholine rings is 1. The number of hydrogen-bond donors (Lipinski definition) is 0. The van der Waals surface area contributed by atoms with E-state index in [-0.39, 0.29) is 34.4 Å². The summed E-state index contributed by atoms with van der Waals surface area (Å²) in [5, 5.41) is 10.7. The fraction of sp³-hybridized carbons (Fsp3) is 0.462. The summed E-state index contributed by atoms with van der Waals surface area (Å²) in [5.74, 6) is -0.305. The Morgan fingerprint density at radius 3 is 2.55 bits per heavy atom. The molecule has 1 amide bonds. The van der Waals surface area contributed by atoms with E-state index >= 15 is 0 Å². The van der Waals surface area contributed by atoms with E-state index < -0.39 is 4.92 Å². The molecule has 1 aliphatic heterocycles. The van der Waals surface area contributed by atoms with Crippen LogP contribution in [-0.4, -0.2) is 41.0 Å². The number of nitro groups is 1. The molecule has 1 aromatic carbocycles. The summed E-state index contributed by atoms with van der Waals surface area (Å²) in [7, 11) is 0. The second kappa shape index (κ2) is 5.76. The summed E-state index contributed by atoms with van der Waals surface area (Å²) < 4.78 is 5.56. The maximum absolute atomic E-state index is 12.4. The number of benzene rings is 1. The molecule has 1 saturated heterocycles. The van der Waals surface area contributed by atoms with Gasteiger partial charge in [-0.25, -0.2) is 0 Å². The number of hydrogen-bond acceptors (Lipinski definition) is 4. The number of halogens is 1. The number of nitrogens with zero attached hydrogens (tertiary/aromatic N) is 2. The Kier molecular flexibility index (Phi) is 4.25. The van der Waals surface area contributed by atoms with Crippen LogP contribution in [0.4, 0.5) is 5.69 Å². The molecule has 1 fully saturated rings. The lowest BCUT2D eigenvalue weighted by atomic mass is 10.1. The minimum atomic E-state index is -0.594. The predicted octanol–water partition coefficient (Wildman–Crippen LogP) is 2.50. The van der Waals surface area contributed by atoms with E-state index in [9.17, 15) is 14.9 Å². The summed E-state index contributed by atoms with van der Waals surface area (Å²) in [6.07, 6.45) is -0.139. The molecular weight excluding hydrogens is 284 g/mol. The van der Waals surface area contributed by atoms with Crippen molar-refractivity contribution in [2.24, 2.45) is 0 Å². The minimum Gasteiger partial charge on any atom is -0.372 e. The van der Waals surface area contributed by atoms with Gasteiger partial charge in [-0.2, -0.15) is 0 Å². The van der Waals surface area contributed by atoms with Crippen molar-refractivity contribution in [3.8, 4) is 0 Å². The van der Waals surface area contributed by atoms with Gasteiger partial charge in [0.15, 0.2) is 0 Å². The third-order valence-electron chi connectivity index (χ3n) is 3.11. The number of rotatable bonds is 2. The minimum absolute atomic E-state index is 0.0693. The normalized spacial score (nSPS) is 22.6. The largest absolute Gasteiger partial charge is 0.372 e. The third kappa shape index (κ3) is 2.91. The molecule has 0 bridgehead atoms. The summed E-state index contributed by atoms with van der Waals surface area (Å²) >= 11 is 5.97.